The predicted octanol–water partition coefficient (Wildman–Crippen LogP) is 2.94. The molecule has 0 atom stereocenters. The number of hydrogen-bond donors (Lipinski definition) is 1. The van der Waals surface area contributed by atoms with Gasteiger partial charge in [-0.3, -0.25) is 4.90 Å². The van der Waals surface area contributed by atoms with Crippen LogP contribution in [0.3, 0.4) is 0 Å². The van der Waals surface area contributed by atoms with Crippen molar-refractivity contribution in [1.29, 1.82) is 0 Å². The Kier molecular flexibility index (Phi) is 8.67. The van der Waals surface area contributed by atoms with E-state index in [1.807, 2.05) is 0 Å². The zero-order valence-electron chi connectivity index (χ0n) is 21.5. The van der Waals surface area contributed by atoms with E-state index in [4.69, 9.17) is 14.2 Å². The van der Waals surface area contributed by atoms with Gasteiger partial charge in [0, 0.05) is 25.2 Å². The second-order valence-corrected chi connectivity index (χ2v) is 10.9. The molecule has 0 radical (unpaired) electrons. The van der Waals surface area contributed by atoms with Gasteiger partial charge in [-0.15, -0.1) is 4.40 Å². The van der Waals surface area contributed by atoms with Gasteiger partial charge in [-0.2, -0.15) is 13.5 Å². The summed E-state index contributed by atoms with van der Waals surface area (Å²) in [6.45, 7) is 8.75. The molecule has 10 nitrogen and oxygen atoms in total. The van der Waals surface area contributed by atoms with E-state index in [0.29, 0.717) is 61.5 Å². The summed E-state index contributed by atoms with van der Waals surface area (Å²) in [6, 6.07) is 9.80. The third-order valence-electron chi connectivity index (χ3n) is 6.17. The minimum absolute atomic E-state index is 0.0222. The van der Waals surface area contributed by atoms with Crippen LogP contribution in [0.25, 0.3) is 0 Å². The van der Waals surface area contributed by atoms with Crippen LogP contribution in [0, 0.1) is 5.92 Å². The summed E-state index contributed by atoms with van der Waals surface area (Å²) in [5.41, 5.74) is 1.14. The predicted molar refractivity (Wildman–Crippen MR) is 141 cm³/mol. The summed E-state index contributed by atoms with van der Waals surface area (Å²) in [4.78, 5) is 2.38. The van der Waals surface area contributed by atoms with Crippen LogP contribution < -0.4 is 9.47 Å². The number of fused-ring (bicyclic) bond motifs is 1. The van der Waals surface area contributed by atoms with Gasteiger partial charge >= 0.3 is 0 Å². The van der Waals surface area contributed by atoms with Crippen molar-refractivity contribution in [3.05, 3.63) is 47.5 Å². The number of benzene rings is 2. The monoisotopic (exact) mass is 530 g/mol. The first-order chi connectivity index (χ1) is 17.8. The average molecular weight is 531 g/mol. The Balaban J connectivity index is 1.64. The molecular weight excluding hydrogens is 496 g/mol. The normalized spacial score (nSPS) is 17.1. The molecule has 0 amide bonds. The molecule has 1 fully saturated rings. The number of phenolic OH excluding ortho intramolecular Hbond substituents is 1. The van der Waals surface area contributed by atoms with Gasteiger partial charge in [-0.05, 0) is 54.3 Å². The number of ether oxygens (including phenoxy) is 3. The van der Waals surface area contributed by atoms with Crippen LogP contribution in [-0.4, -0.2) is 88.6 Å². The summed E-state index contributed by atoms with van der Waals surface area (Å²) in [5.74, 6) is 1.67. The summed E-state index contributed by atoms with van der Waals surface area (Å²) >= 11 is 0. The van der Waals surface area contributed by atoms with E-state index < -0.39 is 10.0 Å². The van der Waals surface area contributed by atoms with Crippen LogP contribution >= 0.6 is 0 Å². The summed E-state index contributed by atoms with van der Waals surface area (Å²) in [6.07, 6.45) is 2.49. The molecule has 2 aliphatic heterocycles. The van der Waals surface area contributed by atoms with E-state index >= 15 is 0 Å². The summed E-state index contributed by atoms with van der Waals surface area (Å²) in [7, 11) is -2.39. The highest BCUT2D eigenvalue weighted by Crippen LogP contribution is 2.31. The van der Waals surface area contributed by atoms with Gasteiger partial charge in [0.1, 0.15) is 10.6 Å². The fourth-order valence-electron chi connectivity index (χ4n) is 4.00. The van der Waals surface area contributed by atoms with Crippen LogP contribution in [0.2, 0.25) is 0 Å². The third kappa shape index (κ3) is 6.79. The molecule has 1 N–H and O–H groups in total. The number of hydrazone groups is 1. The highest BCUT2D eigenvalue weighted by molar-refractivity contribution is 7.90. The minimum atomic E-state index is -3.86. The largest absolute Gasteiger partial charge is 0.504 e. The Morgan fingerprint density at radius 3 is 2.73 bits per heavy atom. The molecule has 1 saturated heterocycles. The topological polar surface area (TPSA) is 113 Å². The van der Waals surface area contributed by atoms with Gasteiger partial charge in [0.2, 0.25) is 0 Å². The van der Waals surface area contributed by atoms with E-state index in [2.05, 4.69) is 28.2 Å². The standard InChI is InChI=1S/C26H34N4O6S/c1-19(2)8-13-36-21-5-7-25-22(17-21)26(28-37(25,32)33)30(10-9-29-11-14-35-15-12-29)27-18-20-4-6-23(31)24(16-20)34-3/h4-7,16-19,31H,8-15H2,1-3H3/b27-18+. The van der Waals surface area contributed by atoms with Crippen molar-refractivity contribution in [2.75, 3.05) is 53.1 Å². The molecule has 4 rings (SSSR count). The maximum absolute atomic E-state index is 12.9. The minimum Gasteiger partial charge on any atom is -0.504 e. The van der Waals surface area contributed by atoms with Crippen molar-refractivity contribution in [2.45, 2.75) is 25.2 Å². The number of nitrogens with zero attached hydrogens (tertiary/aromatic N) is 4. The molecule has 0 spiro atoms. The average Bonchev–Trinajstić information content (AvgIpc) is 3.15. The number of aromatic hydroxyl groups is 1. The second kappa shape index (κ2) is 11.9. The fraction of sp³-hybridized carbons (Fsp3) is 0.462. The Bertz CT molecular complexity index is 1260. The zero-order valence-corrected chi connectivity index (χ0v) is 22.3. The van der Waals surface area contributed by atoms with Crippen LogP contribution in [-0.2, 0) is 14.8 Å². The number of phenols is 1. The quantitative estimate of drug-likeness (QED) is 0.369. The van der Waals surface area contributed by atoms with Crippen molar-refractivity contribution in [3.8, 4) is 17.2 Å². The van der Waals surface area contributed by atoms with E-state index in [1.54, 1.807) is 41.6 Å². The Morgan fingerprint density at radius 2 is 2.00 bits per heavy atom. The summed E-state index contributed by atoms with van der Waals surface area (Å²) in [5, 5.41) is 16.1. The van der Waals surface area contributed by atoms with Crippen LogP contribution in [0.4, 0.5) is 0 Å². The van der Waals surface area contributed by atoms with E-state index in [9.17, 15) is 13.5 Å². The Hall–Kier alpha value is -3.15. The lowest BCUT2D eigenvalue weighted by atomic mass is 10.1. The number of morpholine rings is 1. The van der Waals surface area contributed by atoms with Gasteiger partial charge in [-0.25, -0.2) is 5.01 Å². The van der Waals surface area contributed by atoms with Gasteiger partial charge in [-0.1, -0.05) is 13.8 Å². The molecule has 0 saturated carbocycles. The number of methoxy groups -OCH3 is 1. The molecule has 2 aromatic carbocycles. The van der Waals surface area contributed by atoms with Crippen molar-refractivity contribution in [1.82, 2.24) is 9.91 Å². The van der Waals surface area contributed by atoms with Crippen LogP contribution in [0.15, 0.2) is 50.8 Å². The van der Waals surface area contributed by atoms with Crippen molar-refractivity contribution >= 4 is 22.1 Å². The number of amidine groups is 1. The maximum atomic E-state index is 12.9. The smallest absolute Gasteiger partial charge is 0.285 e. The molecule has 0 bridgehead atoms. The highest BCUT2D eigenvalue weighted by Gasteiger charge is 2.33. The molecule has 200 valence electrons. The molecule has 0 unspecified atom stereocenters. The van der Waals surface area contributed by atoms with Crippen LogP contribution in [0.1, 0.15) is 31.4 Å². The van der Waals surface area contributed by atoms with E-state index in [1.165, 1.54) is 13.2 Å². The van der Waals surface area contributed by atoms with Gasteiger partial charge < -0.3 is 19.3 Å². The first-order valence-electron chi connectivity index (χ1n) is 12.4. The van der Waals surface area contributed by atoms with E-state index in [-0.39, 0.29) is 16.5 Å². The SMILES string of the molecule is COc1cc(/C=N/N(CCN2CCOCC2)C2=NS(=O)(=O)c3ccc(OCCC(C)C)cc32)ccc1O. The Morgan fingerprint density at radius 1 is 1.22 bits per heavy atom. The first-order valence-corrected chi connectivity index (χ1v) is 13.8. The number of sulfonamides is 1. The summed E-state index contributed by atoms with van der Waals surface area (Å²) < 4.78 is 46.4. The third-order valence-corrected chi connectivity index (χ3v) is 7.49. The maximum Gasteiger partial charge on any atom is 0.285 e. The molecular formula is C26H34N4O6S. The molecule has 2 heterocycles. The zero-order chi connectivity index (χ0) is 26.4. The molecule has 37 heavy (non-hydrogen) atoms. The molecule has 0 aliphatic carbocycles. The van der Waals surface area contributed by atoms with E-state index in [0.717, 1.165) is 19.5 Å². The number of hydrogen-bond acceptors (Lipinski definition) is 9. The lowest BCUT2D eigenvalue weighted by molar-refractivity contribution is 0.0360. The first kappa shape index (κ1) is 26.9. The lowest BCUT2D eigenvalue weighted by Gasteiger charge is -2.28. The fourth-order valence-corrected chi connectivity index (χ4v) is 5.19. The van der Waals surface area contributed by atoms with Crippen LogP contribution in [0.5, 0.6) is 17.2 Å². The number of rotatable bonds is 10. The molecule has 2 aromatic rings. The van der Waals surface area contributed by atoms with Crippen molar-refractivity contribution < 1.29 is 27.7 Å². The lowest BCUT2D eigenvalue weighted by Crippen LogP contribution is -2.41. The molecule has 11 heteroatoms. The highest BCUT2D eigenvalue weighted by atomic mass is 32.2. The van der Waals surface area contributed by atoms with Gasteiger partial charge in [0.15, 0.2) is 17.3 Å². The second-order valence-electron chi connectivity index (χ2n) is 9.33. The molecule has 0 aromatic heterocycles. The van der Waals surface area contributed by atoms with Gasteiger partial charge in [0.25, 0.3) is 10.0 Å². The molecule has 2 aliphatic rings. The van der Waals surface area contributed by atoms with Crippen molar-refractivity contribution in [2.24, 2.45) is 15.4 Å². The van der Waals surface area contributed by atoms with Crippen molar-refractivity contribution in [3.63, 3.8) is 0 Å². The Labute approximate surface area is 218 Å². The van der Waals surface area contributed by atoms with Gasteiger partial charge in [0.05, 0.1) is 39.7 Å².